The minimum absolute atomic E-state index is 0.845. The van der Waals surface area contributed by atoms with Gasteiger partial charge in [-0.15, -0.1) is 0 Å². The summed E-state index contributed by atoms with van der Waals surface area (Å²) in [5.74, 6) is 1.39. The highest BCUT2D eigenvalue weighted by atomic mass is 32.2. The van der Waals surface area contributed by atoms with Crippen molar-refractivity contribution in [2.24, 2.45) is 0 Å². The number of hydrogen-bond donors (Lipinski definition) is 1. The van der Waals surface area contributed by atoms with E-state index >= 15 is 0 Å². The van der Waals surface area contributed by atoms with Gasteiger partial charge < -0.3 is 5.32 Å². The second-order valence-electron chi connectivity index (χ2n) is 4.71. The van der Waals surface area contributed by atoms with E-state index in [2.05, 4.69) is 17.1 Å². The van der Waals surface area contributed by atoms with Crippen LogP contribution >= 0.6 is 11.8 Å². The molecule has 2 aliphatic rings. The zero-order valence-corrected chi connectivity index (χ0v) is 9.95. The molecular weight excluding hydrogens is 190 g/mol. The molecule has 1 aliphatic heterocycles. The van der Waals surface area contributed by atoms with Crippen LogP contribution in [0.5, 0.6) is 0 Å². The highest BCUT2D eigenvalue weighted by Crippen LogP contribution is 2.30. The maximum atomic E-state index is 3.63. The van der Waals surface area contributed by atoms with Crippen LogP contribution in [0.25, 0.3) is 0 Å². The van der Waals surface area contributed by atoms with Gasteiger partial charge in [0.2, 0.25) is 0 Å². The van der Waals surface area contributed by atoms with E-state index in [1.165, 1.54) is 63.7 Å². The van der Waals surface area contributed by atoms with E-state index in [1.54, 1.807) is 0 Å². The van der Waals surface area contributed by atoms with E-state index in [0.717, 1.165) is 11.3 Å². The van der Waals surface area contributed by atoms with Crippen LogP contribution < -0.4 is 5.32 Å². The maximum Gasteiger partial charge on any atom is 0.00749 e. The van der Waals surface area contributed by atoms with E-state index < -0.39 is 0 Å². The molecule has 82 valence electrons. The first kappa shape index (κ1) is 10.8. The molecule has 1 N–H and O–H groups in total. The molecule has 2 heteroatoms. The van der Waals surface area contributed by atoms with Crippen molar-refractivity contribution in [3.63, 3.8) is 0 Å². The van der Waals surface area contributed by atoms with E-state index in [4.69, 9.17) is 0 Å². The molecule has 0 aromatic carbocycles. The lowest BCUT2D eigenvalue weighted by molar-refractivity contribution is 0.394. The van der Waals surface area contributed by atoms with Crippen LogP contribution in [0.1, 0.15) is 51.4 Å². The molecular formula is C12H23NS. The molecule has 0 aromatic rings. The van der Waals surface area contributed by atoms with Crippen molar-refractivity contribution in [2.75, 3.05) is 12.3 Å². The molecule has 2 rings (SSSR count). The van der Waals surface area contributed by atoms with Crippen LogP contribution in [0.4, 0.5) is 0 Å². The van der Waals surface area contributed by atoms with Gasteiger partial charge in [0.05, 0.1) is 0 Å². The van der Waals surface area contributed by atoms with Crippen molar-refractivity contribution in [2.45, 2.75) is 62.7 Å². The summed E-state index contributed by atoms with van der Waals surface area (Å²) in [5, 5.41) is 4.64. The molecule has 14 heavy (non-hydrogen) atoms. The summed E-state index contributed by atoms with van der Waals surface area (Å²) in [5.41, 5.74) is 0. The standard InChI is InChI=1S/C12H23NS/c1-2-7-12(6-1)14-10-8-11-5-3-4-9-13-11/h11-13H,1-10H2. The molecule has 2 fully saturated rings. The van der Waals surface area contributed by atoms with Crippen LogP contribution in [-0.4, -0.2) is 23.6 Å². The molecule has 0 radical (unpaired) electrons. The van der Waals surface area contributed by atoms with Gasteiger partial charge in [0.15, 0.2) is 0 Å². The highest BCUT2D eigenvalue weighted by molar-refractivity contribution is 7.99. The zero-order valence-electron chi connectivity index (χ0n) is 9.13. The second-order valence-corrected chi connectivity index (χ2v) is 6.12. The Morgan fingerprint density at radius 2 is 1.79 bits per heavy atom. The Morgan fingerprint density at radius 1 is 1.00 bits per heavy atom. The van der Waals surface area contributed by atoms with Gasteiger partial charge >= 0.3 is 0 Å². The largest absolute Gasteiger partial charge is 0.314 e. The minimum Gasteiger partial charge on any atom is -0.314 e. The van der Waals surface area contributed by atoms with Crippen molar-refractivity contribution in [1.82, 2.24) is 5.32 Å². The number of nitrogens with one attached hydrogen (secondary N) is 1. The monoisotopic (exact) mass is 213 g/mol. The van der Waals surface area contributed by atoms with Gasteiger partial charge in [-0.25, -0.2) is 0 Å². The predicted molar refractivity (Wildman–Crippen MR) is 65.0 cm³/mol. The second kappa shape index (κ2) is 6.02. The Hall–Kier alpha value is 0.310. The van der Waals surface area contributed by atoms with Gasteiger partial charge in [0, 0.05) is 11.3 Å². The van der Waals surface area contributed by atoms with Crippen molar-refractivity contribution in [3.05, 3.63) is 0 Å². The summed E-state index contributed by atoms with van der Waals surface area (Å²) >= 11 is 2.24. The van der Waals surface area contributed by atoms with Crippen LogP contribution in [0.15, 0.2) is 0 Å². The zero-order chi connectivity index (χ0) is 9.64. The van der Waals surface area contributed by atoms with Crippen molar-refractivity contribution in [3.8, 4) is 0 Å². The van der Waals surface area contributed by atoms with E-state index in [1.807, 2.05) is 0 Å². The Bertz CT molecular complexity index is 148. The Labute approximate surface area is 92.4 Å². The Morgan fingerprint density at radius 3 is 2.50 bits per heavy atom. The fraction of sp³-hybridized carbons (Fsp3) is 1.00. The molecule has 1 atom stereocenters. The minimum atomic E-state index is 0.845. The summed E-state index contributed by atoms with van der Waals surface area (Å²) < 4.78 is 0. The topological polar surface area (TPSA) is 12.0 Å². The quantitative estimate of drug-likeness (QED) is 0.769. The van der Waals surface area contributed by atoms with E-state index in [9.17, 15) is 0 Å². The molecule has 1 heterocycles. The van der Waals surface area contributed by atoms with Gasteiger partial charge in [-0.05, 0) is 44.4 Å². The number of thioether (sulfide) groups is 1. The van der Waals surface area contributed by atoms with Crippen LogP contribution in [0, 0.1) is 0 Å². The Balaban J connectivity index is 1.52. The van der Waals surface area contributed by atoms with Crippen molar-refractivity contribution in [1.29, 1.82) is 0 Å². The van der Waals surface area contributed by atoms with Crippen molar-refractivity contribution >= 4 is 11.8 Å². The molecule has 1 aliphatic carbocycles. The maximum absolute atomic E-state index is 3.63. The van der Waals surface area contributed by atoms with Crippen LogP contribution in [0.2, 0.25) is 0 Å². The van der Waals surface area contributed by atoms with Gasteiger partial charge in [-0.3, -0.25) is 0 Å². The molecule has 1 saturated heterocycles. The van der Waals surface area contributed by atoms with Crippen molar-refractivity contribution < 1.29 is 0 Å². The van der Waals surface area contributed by atoms with Crippen LogP contribution in [-0.2, 0) is 0 Å². The van der Waals surface area contributed by atoms with E-state index in [0.29, 0.717) is 0 Å². The third-order valence-corrected chi connectivity index (χ3v) is 4.95. The van der Waals surface area contributed by atoms with Crippen LogP contribution in [0.3, 0.4) is 0 Å². The molecule has 1 unspecified atom stereocenters. The predicted octanol–water partition coefficient (Wildman–Crippen LogP) is 3.19. The third kappa shape index (κ3) is 3.47. The number of rotatable bonds is 4. The molecule has 0 aromatic heterocycles. The van der Waals surface area contributed by atoms with Gasteiger partial charge in [-0.1, -0.05) is 19.3 Å². The molecule has 1 saturated carbocycles. The average molecular weight is 213 g/mol. The fourth-order valence-corrected chi connectivity index (χ4v) is 4.02. The fourth-order valence-electron chi connectivity index (χ4n) is 2.60. The lowest BCUT2D eigenvalue weighted by Crippen LogP contribution is -2.34. The molecule has 0 bridgehead atoms. The smallest absolute Gasteiger partial charge is 0.00749 e. The molecule has 0 spiro atoms. The highest BCUT2D eigenvalue weighted by Gasteiger charge is 2.16. The Kier molecular flexibility index (Phi) is 4.65. The first-order valence-electron chi connectivity index (χ1n) is 6.30. The lowest BCUT2D eigenvalue weighted by Gasteiger charge is -2.23. The average Bonchev–Trinajstić information content (AvgIpc) is 2.72. The normalized spacial score (nSPS) is 29.6. The summed E-state index contributed by atoms with van der Waals surface area (Å²) in [6.45, 7) is 1.26. The first-order valence-corrected chi connectivity index (χ1v) is 7.35. The van der Waals surface area contributed by atoms with Gasteiger partial charge in [0.1, 0.15) is 0 Å². The van der Waals surface area contributed by atoms with E-state index in [-0.39, 0.29) is 0 Å². The number of hydrogen-bond acceptors (Lipinski definition) is 2. The molecule has 0 amide bonds. The summed E-state index contributed by atoms with van der Waals surface area (Å²) in [4.78, 5) is 0. The third-order valence-electron chi connectivity index (χ3n) is 3.53. The first-order chi connectivity index (χ1) is 6.95. The summed E-state index contributed by atoms with van der Waals surface area (Å²) in [6.07, 6.45) is 11.6. The summed E-state index contributed by atoms with van der Waals surface area (Å²) in [6, 6.07) is 0.845. The summed E-state index contributed by atoms with van der Waals surface area (Å²) in [7, 11) is 0. The SMILES string of the molecule is C1CCC(CCSC2CCCC2)NC1. The lowest BCUT2D eigenvalue weighted by atomic mass is 10.0. The number of piperidine rings is 1. The van der Waals surface area contributed by atoms with Gasteiger partial charge in [-0.2, -0.15) is 11.8 Å². The van der Waals surface area contributed by atoms with Gasteiger partial charge in [0.25, 0.3) is 0 Å². The molecule has 1 nitrogen and oxygen atoms in total.